The molecule has 1 aliphatic carbocycles. The van der Waals surface area contributed by atoms with E-state index in [4.69, 9.17) is 19.6 Å². The molecule has 21 heteroatoms. The minimum atomic E-state index is -0.651. The third-order valence-corrected chi connectivity index (χ3v) is 14.3. The molecule has 1 saturated carbocycles. The highest BCUT2D eigenvalue weighted by Gasteiger charge is 2.38. The molecule has 10 rings (SSSR count). The van der Waals surface area contributed by atoms with E-state index >= 15 is 0 Å². The van der Waals surface area contributed by atoms with Gasteiger partial charge in [0.1, 0.15) is 17.2 Å². The zero-order valence-electron chi connectivity index (χ0n) is 47.2. The fourth-order valence-electron chi connectivity index (χ4n) is 10.3. The number of nitrogens with zero attached hydrogens (tertiary/aromatic N) is 8. The summed E-state index contributed by atoms with van der Waals surface area (Å²) < 4.78 is 11.0. The van der Waals surface area contributed by atoms with Gasteiger partial charge in [-0.1, -0.05) is 37.1 Å². The Kier molecular flexibility index (Phi) is 20.6. The number of rotatable bonds is 12. The van der Waals surface area contributed by atoms with Gasteiger partial charge in [-0.25, -0.2) is 29.5 Å². The Morgan fingerprint density at radius 3 is 1.48 bits per heavy atom. The van der Waals surface area contributed by atoms with Crippen molar-refractivity contribution in [3.8, 4) is 22.3 Å². The van der Waals surface area contributed by atoms with Crippen LogP contribution in [0.25, 0.3) is 44.1 Å². The summed E-state index contributed by atoms with van der Waals surface area (Å²) in [6.45, 7) is 12.7. The third kappa shape index (κ3) is 16.3. The number of benzene rings is 2. The van der Waals surface area contributed by atoms with E-state index < -0.39 is 35.5 Å². The van der Waals surface area contributed by atoms with E-state index in [2.05, 4.69) is 40.9 Å². The number of hydrogen-bond donors (Lipinski definition) is 4. The number of ether oxygens (including phenoxy) is 2. The predicted octanol–water partition coefficient (Wildman–Crippen LogP) is 9.26. The van der Waals surface area contributed by atoms with E-state index in [1.54, 1.807) is 45.6 Å². The van der Waals surface area contributed by atoms with Gasteiger partial charge in [-0.3, -0.25) is 49.6 Å². The van der Waals surface area contributed by atoms with Crippen molar-refractivity contribution in [2.75, 3.05) is 37.4 Å². The molecule has 0 bridgehead atoms. The van der Waals surface area contributed by atoms with Crippen LogP contribution < -0.4 is 16.0 Å². The van der Waals surface area contributed by atoms with Crippen LogP contribution in [-0.2, 0) is 41.5 Å². The number of fused-ring (bicyclic) bond motifs is 2. The molecular weight excluding hydrogens is 1050 g/mol. The molecule has 2 aromatic carbocycles. The Morgan fingerprint density at radius 1 is 0.556 bits per heavy atom. The van der Waals surface area contributed by atoms with Crippen molar-refractivity contribution in [3.05, 3.63) is 96.8 Å². The molecule has 3 atom stereocenters. The van der Waals surface area contributed by atoms with Crippen LogP contribution in [0.3, 0.4) is 0 Å². The summed E-state index contributed by atoms with van der Waals surface area (Å²) in [5.41, 5.74) is 5.22. The molecule has 3 aliphatic heterocycles. The molecule has 430 valence electrons. The number of halogens is 1. The van der Waals surface area contributed by atoms with E-state index in [1.807, 2.05) is 81.4 Å². The van der Waals surface area contributed by atoms with E-state index in [-0.39, 0.29) is 60.1 Å². The van der Waals surface area contributed by atoms with Crippen molar-refractivity contribution in [1.82, 2.24) is 45.0 Å². The first-order valence-electron chi connectivity index (χ1n) is 27.6. The van der Waals surface area contributed by atoms with E-state index in [0.717, 1.165) is 108 Å². The summed E-state index contributed by atoms with van der Waals surface area (Å²) in [5.74, 6) is 0.400. The number of carbonyl (C=O) groups excluding carboxylic acids is 6. The minimum absolute atomic E-state index is 0. The maximum absolute atomic E-state index is 13.2. The molecule has 20 nitrogen and oxygen atoms in total. The molecule has 7 heterocycles. The number of aliphatic hydroxyl groups excluding tert-OH is 1. The van der Waals surface area contributed by atoms with Crippen LogP contribution in [0.2, 0.25) is 0 Å². The normalized spacial score (nSPS) is 18.0. The van der Waals surface area contributed by atoms with Crippen molar-refractivity contribution < 1.29 is 43.3 Å². The molecular formula is C60H74ClN11O9. The van der Waals surface area contributed by atoms with Gasteiger partial charge >= 0.3 is 12.2 Å². The van der Waals surface area contributed by atoms with E-state index in [9.17, 15) is 28.8 Å². The number of amides is 4. The van der Waals surface area contributed by atoms with Crippen LogP contribution in [0, 0.1) is 5.92 Å². The monoisotopic (exact) mass is 1130 g/mol. The summed E-state index contributed by atoms with van der Waals surface area (Å²) in [6.07, 6.45) is 14.9. The maximum atomic E-state index is 13.2. The van der Waals surface area contributed by atoms with Gasteiger partial charge in [-0.2, -0.15) is 0 Å². The van der Waals surface area contributed by atoms with Crippen LogP contribution in [0.4, 0.5) is 21.5 Å². The van der Waals surface area contributed by atoms with Crippen LogP contribution in [-0.4, -0.2) is 136 Å². The largest absolute Gasteiger partial charge is 0.444 e. The highest BCUT2D eigenvalue weighted by molar-refractivity contribution is 5.96. The zero-order chi connectivity index (χ0) is 57.1. The van der Waals surface area contributed by atoms with Gasteiger partial charge in [-0.15, -0.1) is 12.4 Å². The molecule has 0 unspecified atom stereocenters. The molecule has 3 saturated heterocycles. The number of aromatic nitrogens is 6. The Bertz CT molecular complexity index is 3190. The highest BCUT2D eigenvalue weighted by atomic mass is 35.5. The van der Waals surface area contributed by atoms with Crippen LogP contribution in [0.5, 0.6) is 0 Å². The fraction of sp³-hybridized carbons (Fsp3) is 0.467. The molecule has 4 fully saturated rings. The van der Waals surface area contributed by atoms with E-state index in [1.165, 1.54) is 9.80 Å². The number of Topliss-reactive ketones (excluding diaryl/α,β-unsaturated/α-hetero) is 2. The molecule has 4 N–H and O–H groups in total. The van der Waals surface area contributed by atoms with Gasteiger partial charge in [0.15, 0.2) is 11.6 Å². The lowest BCUT2D eigenvalue weighted by molar-refractivity contribution is -0.123. The lowest BCUT2D eigenvalue weighted by Crippen LogP contribution is -2.45. The van der Waals surface area contributed by atoms with Crippen molar-refractivity contribution in [3.63, 3.8) is 0 Å². The Labute approximate surface area is 478 Å². The van der Waals surface area contributed by atoms with Gasteiger partial charge in [-0.05, 0) is 147 Å². The van der Waals surface area contributed by atoms with Crippen LogP contribution >= 0.6 is 12.4 Å². The summed E-state index contributed by atoms with van der Waals surface area (Å²) in [7, 11) is 1.00. The van der Waals surface area contributed by atoms with Gasteiger partial charge in [0, 0.05) is 84.2 Å². The van der Waals surface area contributed by atoms with Crippen molar-refractivity contribution in [2.45, 2.75) is 148 Å². The summed E-state index contributed by atoms with van der Waals surface area (Å²) in [5, 5.41) is 17.7. The number of nitrogens with one attached hydrogen (secondary N) is 3. The molecule has 81 heavy (non-hydrogen) atoms. The number of ketones is 2. The zero-order valence-corrected chi connectivity index (χ0v) is 48.0. The Hall–Kier alpha value is -7.55. The number of carbonyl (C=O) groups is 6. The summed E-state index contributed by atoms with van der Waals surface area (Å²) in [4.78, 5) is 106. The standard InChI is InChI=1S/C34H42N6O6.C25H27N5O2.CH4O.ClH/c1-33(2,3)45-31(43)39-15-7-9-26(39)28(41)18-24-13-11-22-17-21(12-14-25(22)37-24)23-19-35-30(36-20-23)38-29(42)27-10-8-16-40(27)32(44)46-34(4,5)6;31-23(22-6-3-11-26-22)13-20-9-7-18-12-17(8-10-21(18)29-20)19-14-27-25(28-15-19)30-24(32)16-4-1-2-5-16;1-2;/h11-14,17,19-20,26-27H,7-10,15-16,18H2,1-6H3,(H,35,36,38,42);7-10,12,14-16,22,26H,1-6,11,13H2,(H,27,28,30,32);2H,1H3;1H/t26-,27-;22-;;/m00../s1. The molecule has 0 radical (unpaired) electrons. The summed E-state index contributed by atoms with van der Waals surface area (Å²) in [6, 6.07) is 18.2. The van der Waals surface area contributed by atoms with Crippen molar-refractivity contribution in [2.24, 2.45) is 5.92 Å². The Balaban J connectivity index is 0.000000237. The van der Waals surface area contributed by atoms with Crippen molar-refractivity contribution in [1.29, 1.82) is 0 Å². The SMILES string of the molecule is CC(C)(C)OC(=O)N1CCC[C@H]1C(=O)Cc1ccc2cc(-c3cnc(NC(=O)[C@@H]4CCCN4C(=O)OC(C)(C)C)nc3)ccc2n1.CO.Cl.O=C(Nc1ncc(-c2ccc3nc(CC(=O)[C@@H]4CCCN4)ccc3c2)cn1)C1CCCC1. The van der Waals surface area contributed by atoms with Gasteiger partial charge in [0.05, 0.1) is 36.0 Å². The van der Waals surface area contributed by atoms with Crippen LogP contribution in [0.15, 0.2) is 85.5 Å². The van der Waals surface area contributed by atoms with Crippen LogP contribution in [0.1, 0.15) is 117 Å². The second kappa shape index (κ2) is 27.3. The third-order valence-electron chi connectivity index (χ3n) is 14.3. The number of hydrogen-bond acceptors (Lipinski definition) is 16. The average Bonchev–Trinajstić information content (AvgIpc) is 4.44. The molecule has 0 spiro atoms. The minimum Gasteiger partial charge on any atom is -0.444 e. The molecule has 4 aromatic heterocycles. The topological polar surface area (TPSA) is 261 Å². The highest BCUT2D eigenvalue weighted by Crippen LogP contribution is 2.29. The predicted molar refractivity (Wildman–Crippen MR) is 311 cm³/mol. The lowest BCUT2D eigenvalue weighted by Gasteiger charge is -2.28. The second-order valence-corrected chi connectivity index (χ2v) is 22.6. The average molecular weight is 1130 g/mol. The van der Waals surface area contributed by atoms with Gasteiger partial charge in [0.25, 0.3) is 0 Å². The fourth-order valence-corrected chi connectivity index (χ4v) is 10.3. The lowest BCUT2D eigenvalue weighted by atomic mass is 10.0. The first-order valence-corrected chi connectivity index (χ1v) is 27.6. The number of pyridine rings is 2. The first-order chi connectivity index (χ1) is 38.3. The molecule has 4 amide bonds. The van der Waals surface area contributed by atoms with Gasteiger partial charge < -0.3 is 19.9 Å². The summed E-state index contributed by atoms with van der Waals surface area (Å²) >= 11 is 0. The smallest absolute Gasteiger partial charge is 0.410 e. The number of aliphatic hydroxyl groups is 1. The molecule has 4 aliphatic rings. The maximum Gasteiger partial charge on any atom is 0.410 e. The molecule has 6 aromatic rings. The van der Waals surface area contributed by atoms with Gasteiger partial charge in [0.2, 0.25) is 23.7 Å². The quantitative estimate of drug-likeness (QED) is 0.0890. The van der Waals surface area contributed by atoms with E-state index in [0.29, 0.717) is 50.4 Å². The number of anilines is 2. The van der Waals surface area contributed by atoms with Crippen molar-refractivity contribution >= 4 is 81.7 Å². The number of likely N-dealkylation sites (tertiary alicyclic amines) is 2. The first kappa shape index (κ1) is 61.1. The Morgan fingerprint density at radius 2 is 1.01 bits per heavy atom. The second-order valence-electron chi connectivity index (χ2n) is 22.6.